The minimum Gasteiger partial charge on any atom is -0.492 e. The highest BCUT2D eigenvalue weighted by Crippen LogP contribution is 2.34. The molecule has 7 heteroatoms. The number of nitrogens with zero attached hydrogens (tertiary/aromatic N) is 1. The lowest BCUT2D eigenvalue weighted by atomic mass is 9.95. The standard InChI is InChI=1S/C21H22ClNO4S/c22-18-7-3-2-6-17(18)20-9-10-23(11-12-28(20,25)26)21(24)16-13-15-5-1-4-8-19(15)27-14-16/h1-8,16,20H,9-14H2. The van der Waals surface area contributed by atoms with Crippen LogP contribution in [-0.2, 0) is 21.1 Å². The van der Waals surface area contributed by atoms with E-state index in [-0.39, 0.29) is 24.1 Å². The number of hydrogen-bond donors (Lipinski definition) is 0. The van der Waals surface area contributed by atoms with Crippen LogP contribution in [0.15, 0.2) is 48.5 Å². The fourth-order valence-corrected chi connectivity index (χ4v) is 6.14. The highest BCUT2D eigenvalue weighted by Gasteiger charge is 2.36. The molecule has 5 nitrogen and oxygen atoms in total. The molecule has 2 aromatic carbocycles. The van der Waals surface area contributed by atoms with E-state index >= 15 is 0 Å². The summed E-state index contributed by atoms with van der Waals surface area (Å²) in [6, 6.07) is 14.8. The number of fused-ring (bicyclic) bond motifs is 1. The number of benzene rings is 2. The molecule has 2 unspecified atom stereocenters. The molecule has 1 saturated heterocycles. The molecule has 1 fully saturated rings. The summed E-state index contributed by atoms with van der Waals surface area (Å²) in [5, 5.41) is -0.226. The van der Waals surface area contributed by atoms with Crippen LogP contribution in [-0.4, -0.2) is 44.7 Å². The molecule has 0 spiro atoms. The zero-order valence-corrected chi connectivity index (χ0v) is 17.0. The van der Waals surface area contributed by atoms with Gasteiger partial charge in [-0.15, -0.1) is 0 Å². The lowest BCUT2D eigenvalue weighted by Gasteiger charge is -2.29. The monoisotopic (exact) mass is 419 g/mol. The zero-order chi connectivity index (χ0) is 19.7. The highest BCUT2D eigenvalue weighted by molar-refractivity contribution is 7.91. The van der Waals surface area contributed by atoms with Crippen molar-refractivity contribution in [3.05, 3.63) is 64.7 Å². The van der Waals surface area contributed by atoms with Gasteiger partial charge in [-0.3, -0.25) is 4.79 Å². The number of halogens is 1. The number of hydrogen-bond acceptors (Lipinski definition) is 4. The largest absolute Gasteiger partial charge is 0.492 e. The van der Waals surface area contributed by atoms with Gasteiger partial charge in [-0.25, -0.2) is 8.42 Å². The maximum atomic E-state index is 13.1. The molecule has 148 valence electrons. The third-order valence-electron chi connectivity index (χ3n) is 5.53. The maximum absolute atomic E-state index is 13.1. The maximum Gasteiger partial charge on any atom is 0.229 e. The number of carbonyl (C=O) groups excluding carboxylic acids is 1. The Hall–Kier alpha value is -2.05. The van der Waals surface area contributed by atoms with Crippen LogP contribution in [0.3, 0.4) is 0 Å². The Morgan fingerprint density at radius 2 is 1.82 bits per heavy atom. The number of rotatable bonds is 2. The molecule has 0 aromatic heterocycles. The molecule has 2 heterocycles. The molecule has 2 atom stereocenters. The van der Waals surface area contributed by atoms with E-state index in [2.05, 4.69) is 0 Å². The first-order chi connectivity index (χ1) is 13.5. The van der Waals surface area contributed by atoms with Gasteiger partial charge in [-0.1, -0.05) is 48.0 Å². The van der Waals surface area contributed by atoms with Crippen LogP contribution >= 0.6 is 11.6 Å². The lowest BCUT2D eigenvalue weighted by molar-refractivity contribution is -0.136. The summed E-state index contributed by atoms with van der Waals surface area (Å²) < 4.78 is 31.4. The van der Waals surface area contributed by atoms with E-state index in [9.17, 15) is 13.2 Å². The van der Waals surface area contributed by atoms with Crippen molar-refractivity contribution in [1.29, 1.82) is 0 Å². The molecule has 28 heavy (non-hydrogen) atoms. The molecular weight excluding hydrogens is 398 g/mol. The summed E-state index contributed by atoms with van der Waals surface area (Å²) in [4.78, 5) is 14.7. The molecule has 2 aromatic rings. The van der Waals surface area contributed by atoms with Gasteiger partial charge < -0.3 is 9.64 Å². The first kappa shape index (κ1) is 19.3. The summed E-state index contributed by atoms with van der Waals surface area (Å²) in [5.74, 6) is 0.446. The average molecular weight is 420 g/mol. The third-order valence-corrected chi connectivity index (χ3v) is 7.98. The van der Waals surface area contributed by atoms with Gasteiger partial charge in [0.1, 0.15) is 12.4 Å². The van der Waals surface area contributed by atoms with Crippen molar-refractivity contribution in [3.8, 4) is 5.75 Å². The molecule has 0 saturated carbocycles. The van der Waals surface area contributed by atoms with Crippen LogP contribution in [0.5, 0.6) is 5.75 Å². The Morgan fingerprint density at radius 3 is 2.64 bits per heavy atom. The van der Waals surface area contributed by atoms with Crippen LogP contribution in [0, 0.1) is 5.92 Å². The average Bonchev–Trinajstić information content (AvgIpc) is 2.85. The predicted molar refractivity (Wildman–Crippen MR) is 108 cm³/mol. The van der Waals surface area contributed by atoms with Crippen molar-refractivity contribution in [2.75, 3.05) is 25.4 Å². The van der Waals surface area contributed by atoms with E-state index in [1.807, 2.05) is 24.3 Å². The normalized spacial score (nSPS) is 24.0. The Labute approximate surface area is 170 Å². The molecule has 0 radical (unpaired) electrons. The van der Waals surface area contributed by atoms with Crippen LogP contribution in [0.2, 0.25) is 5.02 Å². The van der Waals surface area contributed by atoms with Crippen LogP contribution < -0.4 is 4.74 Å². The SMILES string of the molecule is O=C(C1COc2ccccc2C1)N1CCC(c2ccccc2Cl)S(=O)(=O)CC1. The first-order valence-corrected chi connectivity index (χ1v) is 11.5. The molecule has 0 N–H and O–H groups in total. The summed E-state index contributed by atoms with van der Waals surface area (Å²) in [6.07, 6.45) is 0.966. The number of amides is 1. The topological polar surface area (TPSA) is 63.7 Å². The Morgan fingerprint density at radius 1 is 1.07 bits per heavy atom. The predicted octanol–water partition coefficient (Wildman–Crippen LogP) is 3.28. The van der Waals surface area contributed by atoms with Gasteiger partial charge in [0, 0.05) is 18.1 Å². The van der Waals surface area contributed by atoms with E-state index in [1.54, 1.807) is 29.2 Å². The van der Waals surface area contributed by atoms with Crippen molar-refractivity contribution < 1.29 is 17.9 Å². The van der Waals surface area contributed by atoms with Gasteiger partial charge in [-0.2, -0.15) is 0 Å². The summed E-state index contributed by atoms with van der Waals surface area (Å²) >= 11 is 6.25. The van der Waals surface area contributed by atoms with E-state index in [0.717, 1.165) is 11.3 Å². The Kier molecular flexibility index (Phi) is 5.34. The van der Waals surface area contributed by atoms with Gasteiger partial charge in [0.25, 0.3) is 0 Å². The minimum atomic E-state index is -3.39. The second-order valence-corrected chi connectivity index (χ2v) is 10.0. The van der Waals surface area contributed by atoms with E-state index < -0.39 is 15.1 Å². The minimum absolute atomic E-state index is 0.0375. The highest BCUT2D eigenvalue weighted by atomic mass is 35.5. The summed E-state index contributed by atoms with van der Waals surface area (Å²) in [5.41, 5.74) is 1.64. The van der Waals surface area contributed by atoms with E-state index in [4.69, 9.17) is 16.3 Å². The molecule has 2 aliphatic rings. The molecule has 0 bridgehead atoms. The van der Waals surface area contributed by atoms with Crippen LogP contribution in [0.1, 0.15) is 22.8 Å². The second kappa shape index (κ2) is 7.76. The fraction of sp³-hybridized carbons (Fsp3) is 0.381. The summed E-state index contributed by atoms with van der Waals surface area (Å²) in [7, 11) is -3.39. The van der Waals surface area contributed by atoms with Gasteiger partial charge in [0.05, 0.1) is 16.9 Å². The zero-order valence-electron chi connectivity index (χ0n) is 15.4. The molecule has 0 aliphatic carbocycles. The third kappa shape index (κ3) is 3.76. The van der Waals surface area contributed by atoms with Gasteiger partial charge >= 0.3 is 0 Å². The van der Waals surface area contributed by atoms with Crippen molar-refractivity contribution in [3.63, 3.8) is 0 Å². The van der Waals surface area contributed by atoms with Gasteiger partial charge in [0.2, 0.25) is 5.91 Å². The number of ether oxygens (including phenoxy) is 1. The first-order valence-electron chi connectivity index (χ1n) is 9.41. The quantitative estimate of drug-likeness (QED) is 0.749. The van der Waals surface area contributed by atoms with Crippen molar-refractivity contribution in [1.82, 2.24) is 4.90 Å². The molecule has 1 amide bonds. The lowest BCUT2D eigenvalue weighted by Crippen LogP contribution is -2.42. The van der Waals surface area contributed by atoms with Crippen LogP contribution in [0.25, 0.3) is 0 Å². The van der Waals surface area contributed by atoms with E-state index in [0.29, 0.717) is 36.6 Å². The Bertz CT molecular complexity index is 991. The number of para-hydroxylation sites is 1. The van der Waals surface area contributed by atoms with Crippen molar-refractivity contribution in [2.45, 2.75) is 18.1 Å². The van der Waals surface area contributed by atoms with Crippen molar-refractivity contribution in [2.24, 2.45) is 5.92 Å². The molecule has 4 rings (SSSR count). The van der Waals surface area contributed by atoms with Gasteiger partial charge in [0.15, 0.2) is 9.84 Å². The molecular formula is C21H22ClNO4S. The second-order valence-electron chi connectivity index (χ2n) is 7.31. The summed E-state index contributed by atoms with van der Waals surface area (Å²) in [6.45, 7) is 0.930. The fourth-order valence-electron chi connectivity index (χ4n) is 3.99. The Balaban J connectivity index is 1.51. The number of sulfone groups is 1. The van der Waals surface area contributed by atoms with Gasteiger partial charge in [-0.05, 0) is 36.1 Å². The van der Waals surface area contributed by atoms with Crippen LogP contribution in [0.4, 0.5) is 0 Å². The molecule has 2 aliphatic heterocycles. The smallest absolute Gasteiger partial charge is 0.229 e. The van der Waals surface area contributed by atoms with Crippen molar-refractivity contribution >= 4 is 27.3 Å². The van der Waals surface area contributed by atoms with E-state index in [1.165, 1.54) is 0 Å². The number of carbonyl (C=O) groups is 1.